The fourth-order valence-corrected chi connectivity index (χ4v) is 1.76. The Morgan fingerprint density at radius 1 is 0.792 bits per heavy atom. The highest BCUT2D eigenvalue weighted by atomic mass is 32.1. The fraction of sp³-hybridized carbons (Fsp3) is 0. The molecule has 0 aliphatic rings. The number of thiocarbonyl (C=S) groups is 1. The lowest BCUT2D eigenvalue weighted by atomic mass is 10.2. The standard InChI is InChI=1S/C15H14N4O4S/c20-11-5-1-3-9(13(11)22)7-16-18-15(24)19-17-8-10-4-2-6-12(21)14(10)23/h1-8,20-23H,(H2,18,19,24)/b16-7+,17-8+. The van der Waals surface area contributed by atoms with E-state index >= 15 is 0 Å². The minimum Gasteiger partial charge on any atom is -0.504 e. The predicted octanol–water partition coefficient (Wildman–Crippen LogP) is 1.34. The van der Waals surface area contributed by atoms with Crippen LogP contribution in [-0.4, -0.2) is 38.0 Å². The Labute approximate surface area is 142 Å². The Kier molecular flexibility index (Phi) is 5.53. The van der Waals surface area contributed by atoms with Crippen LogP contribution in [0.15, 0.2) is 46.6 Å². The minimum atomic E-state index is -0.292. The summed E-state index contributed by atoms with van der Waals surface area (Å²) < 4.78 is 0. The molecule has 0 amide bonds. The number of para-hydroxylation sites is 2. The van der Waals surface area contributed by atoms with Gasteiger partial charge in [0.25, 0.3) is 0 Å². The maximum Gasteiger partial charge on any atom is 0.207 e. The van der Waals surface area contributed by atoms with Gasteiger partial charge in [-0.15, -0.1) is 0 Å². The summed E-state index contributed by atoms with van der Waals surface area (Å²) in [5.41, 5.74) is 5.53. The van der Waals surface area contributed by atoms with Crippen LogP contribution >= 0.6 is 12.2 Å². The Morgan fingerprint density at radius 3 is 1.62 bits per heavy atom. The van der Waals surface area contributed by atoms with E-state index in [0.717, 1.165) is 0 Å². The van der Waals surface area contributed by atoms with E-state index in [-0.39, 0.29) is 28.1 Å². The van der Waals surface area contributed by atoms with Crippen molar-refractivity contribution in [3.63, 3.8) is 0 Å². The van der Waals surface area contributed by atoms with Gasteiger partial charge in [0.2, 0.25) is 5.11 Å². The number of nitrogens with one attached hydrogen (secondary N) is 2. The van der Waals surface area contributed by atoms with Gasteiger partial charge in [0.05, 0.1) is 12.4 Å². The molecule has 0 spiro atoms. The molecule has 6 N–H and O–H groups in total. The van der Waals surface area contributed by atoms with Gasteiger partial charge in [-0.25, -0.2) is 0 Å². The average molecular weight is 346 g/mol. The number of phenolic OH excluding ortho intramolecular Hbond substituents is 4. The molecule has 24 heavy (non-hydrogen) atoms. The number of nitrogens with zero attached hydrogens (tertiary/aromatic N) is 2. The van der Waals surface area contributed by atoms with Crippen LogP contribution in [0.25, 0.3) is 0 Å². The topological polar surface area (TPSA) is 130 Å². The molecule has 2 aromatic carbocycles. The molecule has 0 unspecified atom stereocenters. The third-order valence-electron chi connectivity index (χ3n) is 2.83. The molecule has 2 aromatic rings. The summed E-state index contributed by atoms with van der Waals surface area (Å²) in [6, 6.07) is 8.91. The largest absolute Gasteiger partial charge is 0.504 e. The highest BCUT2D eigenvalue weighted by Crippen LogP contribution is 2.27. The van der Waals surface area contributed by atoms with Crippen molar-refractivity contribution in [2.45, 2.75) is 0 Å². The summed E-state index contributed by atoms with van der Waals surface area (Å²) in [6.45, 7) is 0. The molecule has 0 fully saturated rings. The molecule has 0 aromatic heterocycles. The van der Waals surface area contributed by atoms with Gasteiger partial charge in [-0.3, -0.25) is 10.9 Å². The van der Waals surface area contributed by atoms with E-state index in [1.54, 1.807) is 24.3 Å². The lowest BCUT2D eigenvalue weighted by Crippen LogP contribution is -2.28. The number of aromatic hydroxyl groups is 4. The second-order valence-electron chi connectivity index (χ2n) is 4.50. The average Bonchev–Trinajstić information content (AvgIpc) is 2.55. The van der Waals surface area contributed by atoms with Gasteiger partial charge in [-0.05, 0) is 36.5 Å². The first-order chi connectivity index (χ1) is 11.5. The second kappa shape index (κ2) is 7.79. The minimum absolute atomic E-state index is 0.0572. The molecule has 0 saturated carbocycles. The van der Waals surface area contributed by atoms with Crippen LogP contribution in [0.2, 0.25) is 0 Å². The van der Waals surface area contributed by atoms with Crippen molar-refractivity contribution in [2.24, 2.45) is 10.2 Å². The SMILES string of the molecule is Oc1cccc(/C=N/NC(=S)N/N=C/c2cccc(O)c2O)c1O. The number of hydrogen-bond donors (Lipinski definition) is 6. The zero-order valence-electron chi connectivity index (χ0n) is 12.2. The van der Waals surface area contributed by atoms with Crippen molar-refractivity contribution in [3.8, 4) is 23.0 Å². The smallest absolute Gasteiger partial charge is 0.207 e. The summed E-state index contributed by atoms with van der Waals surface area (Å²) in [5, 5.41) is 45.5. The number of rotatable bonds is 4. The Hall–Kier alpha value is -3.33. The molecule has 9 heteroatoms. The normalized spacial score (nSPS) is 11.0. The van der Waals surface area contributed by atoms with Crippen LogP contribution in [0.3, 0.4) is 0 Å². The van der Waals surface area contributed by atoms with Crippen LogP contribution in [-0.2, 0) is 0 Å². The van der Waals surface area contributed by atoms with Gasteiger partial charge < -0.3 is 20.4 Å². The lowest BCUT2D eigenvalue weighted by Gasteiger charge is -2.03. The Balaban J connectivity index is 1.89. The molecule has 2 rings (SSSR count). The highest BCUT2D eigenvalue weighted by molar-refractivity contribution is 7.80. The first-order valence-corrected chi connectivity index (χ1v) is 7.04. The van der Waals surface area contributed by atoms with Crippen LogP contribution in [0.5, 0.6) is 23.0 Å². The number of phenols is 4. The molecule has 124 valence electrons. The number of benzene rings is 2. The molecule has 0 bridgehead atoms. The maximum absolute atomic E-state index is 9.59. The van der Waals surface area contributed by atoms with Crippen molar-refractivity contribution in [3.05, 3.63) is 47.5 Å². The first-order valence-electron chi connectivity index (χ1n) is 6.63. The molecule has 0 atom stereocenters. The van der Waals surface area contributed by atoms with Crippen LogP contribution in [0, 0.1) is 0 Å². The second-order valence-corrected chi connectivity index (χ2v) is 4.91. The van der Waals surface area contributed by atoms with E-state index in [0.29, 0.717) is 11.1 Å². The van der Waals surface area contributed by atoms with E-state index in [2.05, 4.69) is 21.1 Å². The highest BCUT2D eigenvalue weighted by Gasteiger charge is 2.03. The Bertz CT molecular complexity index is 743. The van der Waals surface area contributed by atoms with E-state index in [1.165, 1.54) is 24.6 Å². The van der Waals surface area contributed by atoms with Gasteiger partial charge >= 0.3 is 0 Å². The van der Waals surface area contributed by atoms with Gasteiger partial charge in [0.15, 0.2) is 23.0 Å². The monoisotopic (exact) mass is 346 g/mol. The molecule has 0 radical (unpaired) electrons. The lowest BCUT2D eigenvalue weighted by molar-refractivity contribution is 0.403. The first kappa shape index (κ1) is 17.0. The van der Waals surface area contributed by atoms with Gasteiger partial charge in [0, 0.05) is 11.1 Å². The van der Waals surface area contributed by atoms with Crippen molar-refractivity contribution in [2.75, 3.05) is 0 Å². The van der Waals surface area contributed by atoms with Crippen LogP contribution in [0.1, 0.15) is 11.1 Å². The molecule has 8 nitrogen and oxygen atoms in total. The Morgan fingerprint density at radius 2 is 1.21 bits per heavy atom. The van der Waals surface area contributed by atoms with Crippen LogP contribution < -0.4 is 10.9 Å². The fourth-order valence-electron chi connectivity index (χ4n) is 1.65. The van der Waals surface area contributed by atoms with E-state index in [1.807, 2.05) is 0 Å². The third-order valence-corrected chi connectivity index (χ3v) is 3.01. The van der Waals surface area contributed by atoms with Gasteiger partial charge in [-0.1, -0.05) is 12.1 Å². The van der Waals surface area contributed by atoms with E-state index < -0.39 is 0 Å². The number of hydrogen-bond acceptors (Lipinski definition) is 7. The maximum atomic E-state index is 9.59. The summed E-state index contributed by atoms with van der Waals surface area (Å²) in [4.78, 5) is 0. The third kappa shape index (κ3) is 4.34. The predicted molar refractivity (Wildman–Crippen MR) is 93.6 cm³/mol. The molecule has 0 heterocycles. The molecule has 0 aliphatic heterocycles. The summed E-state index contributed by atoms with van der Waals surface area (Å²) in [6.07, 6.45) is 2.54. The number of hydrazone groups is 2. The molecule has 0 aliphatic carbocycles. The van der Waals surface area contributed by atoms with E-state index in [9.17, 15) is 20.4 Å². The van der Waals surface area contributed by atoms with Gasteiger partial charge in [0.1, 0.15) is 0 Å². The molecular weight excluding hydrogens is 332 g/mol. The van der Waals surface area contributed by atoms with Crippen molar-refractivity contribution >= 4 is 29.8 Å². The molecule has 0 saturated heterocycles. The quantitative estimate of drug-likeness (QED) is 0.213. The van der Waals surface area contributed by atoms with Crippen molar-refractivity contribution in [1.29, 1.82) is 0 Å². The summed E-state index contributed by atoms with van der Waals surface area (Å²) in [7, 11) is 0. The van der Waals surface area contributed by atoms with Gasteiger partial charge in [-0.2, -0.15) is 10.2 Å². The molecular formula is C15H14N4O4S. The summed E-state index contributed by atoms with van der Waals surface area (Å²) >= 11 is 4.93. The van der Waals surface area contributed by atoms with E-state index in [4.69, 9.17) is 12.2 Å². The van der Waals surface area contributed by atoms with Crippen molar-refractivity contribution < 1.29 is 20.4 Å². The zero-order valence-corrected chi connectivity index (χ0v) is 13.0. The van der Waals surface area contributed by atoms with Crippen molar-refractivity contribution in [1.82, 2.24) is 10.9 Å². The summed E-state index contributed by atoms with van der Waals surface area (Å²) in [5.74, 6) is -1.09. The zero-order chi connectivity index (χ0) is 17.5. The van der Waals surface area contributed by atoms with Crippen LogP contribution in [0.4, 0.5) is 0 Å².